The number of aliphatic hydroxyl groups excluding tert-OH is 1. The maximum absolute atomic E-state index is 8.73. The molecule has 1 rings (SSSR count). The maximum Gasteiger partial charge on any atom is 0.109 e. The number of hydrogen-bond donors (Lipinski definition) is 1. The molecular formula is C8H8BrOS. The number of aliphatic hydroxyl groups is 1. The molecule has 0 aliphatic rings. The van der Waals surface area contributed by atoms with Crippen LogP contribution in [-0.4, -0.2) is 11.4 Å². The molecule has 0 spiro atoms. The Morgan fingerprint density at radius 1 is 1.45 bits per heavy atom. The zero-order valence-electron chi connectivity index (χ0n) is 6.04. The first-order valence-corrected chi connectivity index (χ1v) is 5.10. The Labute approximate surface area is 78.9 Å². The van der Waals surface area contributed by atoms with Crippen molar-refractivity contribution >= 4 is 27.7 Å². The first-order valence-electron chi connectivity index (χ1n) is 3.08. The molecule has 0 aromatic heterocycles. The molecule has 11 heavy (non-hydrogen) atoms. The van der Waals surface area contributed by atoms with E-state index in [1.165, 1.54) is 0 Å². The predicted octanol–water partition coefficient (Wildman–Crippen LogP) is 3.05. The number of benzene rings is 1. The SMILES string of the molecule is CSc1cc(Br)cc([CH]O)c1. The van der Waals surface area contributed by atoms with Gasteiger partial charge in [0.05, 0.1) is 0 Å². The molecule has 1 N–H and O–H groups in total. The summed E-state index contributed by atoms with van der Waals surface area (Å²) in [5.74, 6) is 0. The largest absolute Gasteiger partial charge is 0.385 e. The predicted molar refractivity (Wildman–Crippen MR) is 51.3 cm³/mol. The van der Waals surface area contributed by atoms with Crippen molar-refractivity contribution < 1.29 is 5.11 Å². The van der Waals surface area contributed by atoms with Gasteiger partial charge in [0.15, 0.2) is 0 Å². The van der Waals surface area contributed by atoms with E-state index in [1.54, 1.807) is 11.8 Å². The summed E-state index contributed by atoms with van der Waals surface area (Å²) < 4.78 is 0.990. The molecule has 0 aliphatic heterocycles. The summed E-state index contributed by atoms with van der Waals surface area (Å²) >= 11 is 5.00. The average molecular weight is 232 g/mol. The number of hydrogen-bond acceptors (Lipinski definition) is 2. The normalized spacial score (nSPS) is 10.1. The lowest BCUT2D eigenvalue weighted by Crippen LogP contribution is -1.80. The molecule has 0 saturated heterocycles. The van der Waals surface area contributed by atoms with Gasteiger partial charge in [-0.1, -0.05) is 15.9 Å². The van der Waals surface area contributed by atoms with Crippen molar-refractivity contribution in [3.05, 3.63) is 34.8 Å². The van der Waals surface area contributed by atoms with Crippen molar-refractivity contribution in [1.82, 2.24) is 0 Å². The van der Waals surface area contributed by atoms with Gasteiger partial charge >= 0.3 is 0 Å². The molecule has 0 unspecified atom stereocenters. The minimum absolute atomic E-state index is 0.823. The van der Waals surface area contributed by atoms with E-state index in [1.807, 2.05) is 24.5 Å². The molecule has 0 saturated carbocycles. The molecule has 0 amide bonds. The van der Waals surface area contributed by atoms with Gasteiger partial charge in [-0.05, 0) is 30.0 Å². The molecule has 59 valence electrons. The zero-order chi connectivity index (χ0) is 8.27. The molecule has 1 nitrogen and oxygen atoms in total. The first kappa shape index (κ1) is 9.10. The lowest BCUT2D eigenvalue weighted by Gasteiger charge is -2.00. The molecule has 0 atom stereocenters. The van der Waals surface area contributed by atoms with E-state index in [0.717, 1.165) is 21.5 Å². The highest BCUT2D eigenvalue weighted by atomic mass is 79.9. The summed E-state index contributed by atoms with van der Waals surface area (Å²) in [5, 5.41) is 8.73. The van der Waals surface area contributed by atoms with Gasteiger partial charge in [0, 0.05) is 9.37 Å². The van der Waals surface area contributed by atoms with Crippen molar-refractivity contribution in [1.29, 1.82) is 0 Å². The standard InChI is InChI=1S/C8H8BrOS/c1-11-8-3-6(5-10)2-7(9)4-8/h2-5,10H,1H3. The first-order chi connectivity index (χ1) is 5.26. The second kappa shape index (κ2) is 4.14. The number of rotatable bonds is 2. The Morgan fingerprint density at radius 2 is 2.18 bits per heavy atom. The Kier molecular flexibility index (Phi) is 3.43. The third kappa shape index (κ3) is 2.51. The van der Waals surface area contributed by atoms with E-state index >= 15 is 0 Å². The Bertz CT molecular complexity index is 228. The summed E-state index contributed by atoms with van der Waals surface area (Å²) in [6.07, 6.45) is 2.00. The van der Waals surface area contributed by atoms with E-state index in [0.29, 0.717) is 0 Å². The zero-order valence-corrected chi connectivity index (χ0v) is 8.45. The summed E-state index contributed by atoms with van der Waals surface area (Å²) in [7, 11) is 0. The highest BCUT2D eigenvalue weighted by Gasteiger charge is 1.96. The smallest absolute Gasteiger partial charge is 0.109 e. The van der Waals surface area contributed by atoms with Crippen LogP contribution in [0.2, 0.25) is 0 Å². The van der Waals surface area contributed by atoms with Crippen LogP contribution in [0.15, 0.2) is 27.6 Å². The molecule has 0 heterocycles. The van der Waals surface area contributed by atoms with Gasteiger partial charge in [-0.2, -0.15) is 0 Å². The van der Waals surface area contributed by atoms with Gasteiger partial charge in [-0.3, -0.25) is 0 Å². The molecule has 0 bridgehead atoms. The van der Waals surface area contributed by atoms with Crippen LogP contribution in [0.4, 0.5) is 0 Å². The van der Waals surface area contributed by atoms with Crippen LogP contribution in [0.1, 0.15) is 5.56 Å². The highest BCUT2D eigenvalue weighted by Crippen LogP contribution is 2.22. The van der Waals surface area contributed by atoms with Crippen LogP contribution >= 0.6 is 27.7 Å². The minimum atomic E-state index is 0.823. The maximum atomic E-state index is 8.73. The van der Waals surface area contributed by atoms with Crippen LogP contribution < -0.4 is 0 Å². The lowest BCUT2D eigenvalue weighted by atomic mass is 10.2. The van der Waals surface area contributed by atoms with Gasteiger partial charge in [0.1, 0.15) is 6.61 Å². The monoisotopic (exact) mass is 231 g/mol. The van der Waals surface area contributed by atoms with Crippen LogP contribution in [0, 0.1) is 6.61 Å². The average Bonchev–Trinajstić information content (AvgIpc) is 2.03. The fourth-order valence-corrected chi connectivity index (χ4v) is 1.94. The number of thioether (sulfide) groups is 1. The fraction of sp³-hybridized carbons (Fsp3) is 0.125. The van der Waals surface area contributed by atoms with Crippen LogP contribution in [0.3, 0.4) is 0 Å². The van der Waals surface area contributed by atoms with Gasteiger partial charge in [-0.15, -0.1) is 11.8 Å². The van der Waals surface area contributed by atoms with Gasteiger partial charge in [0.2, 0.25) is 0 Å². The molecule has 3 heteroatoms. The summed E-state index contributed by atoms with van der Waals surface area (Å²) in [6, 6.07) is 5.80. The molecule has 0 aliphatic carbocycles. The van der Waals surface area contributed by atoms with Crippen LogP contribution in [0.5, 0.6) is 0 Å². The molecule has 1 radical (unpaired) electrons. The fourth-order valence-electron chi connectivity index (χ4n) is 0.777. The van der Waals surface area contributed by atoms with Crippen molar-refractivity contribution in [2.45, 2.75) is 4.90 Å². The van der Waals surface area contributed by atoms with E-state index in [-0.39, 0.29) is 0 Å². The van der Waals surface area contributed by atoms with Crippen molar-refractivity contribution in [3.8, 4) is 0 Å². The van der Waals surface area contributed by atoms with Gasteiger partial charge in [0.25, 0.3) is 0 Å². The van der Waals surface area contributed by atoms with E-state index < -0.39 is 0 Å². The molecular weight excluding hydrogens is 224 g/mol. The van der Waals surface area contributed by atoms with E-state index in [2.05, 4.69) is 15.9 Å². The van der Waals surface area contributed by atoms with Crippen LogP contribution in [0.25, 0.3) is 0 Å². The second-order valence-electron chi connectivity index (χ2n) is 2.05. The van der Waals surface area contributed by atoms with E-state index in [9.17, 15) is 0 Å². The van der Waals surface area contributed by atoms with Crippen LogP contribution in [-0.2, 0) is 0 Å². The lowest BCUT2D eigenvalue weighted by molar-refractivity contribution is 0.414. The van der Waals surface area contributed by atoms with E-state index in [4.69, 9.17) is 5.11 Å². The van der Waals surface area contributed by atoms with Crippen molar-refractivity contribution in [2.75, 3.05) is 6.26 Å². The molecule has 0 fully saturated rings. The van der Waals surface area contributed by atoms with Crippen molar-refractivity contribution in [2.24, 2.45) is 0 Å². The Hall–Kier alpha value is 0.01000. The molecule has 1 aromatic rings. The summed E-state index contributed by atoms with van der Waals surface area (Å²) in [5.41, 5.74) is 0.823. The van der Waals surface area contributed by atoms with Crippen molar-refractivity contribution in [3.63, 3.8) is 0 Å². The molecule has 1 aromatic carbocycles. The van der Waals surface area contributed by atoms with Gasteiger partial charge in [-0.25, -0.2) is 0 Å². The minimum Gasteiger partial charge on any atom is -0.385 e. The third-order valence-electron chi connectivity index (χ3n) is 1.28. The quantitative estimate of drug-likeness (QED) is 0.791. The highest BCUT2D eigenvalue weighted by molar-refractivity contribution is 9.10. The number of halogens is 1. The Morgan fingerprint density at radius 3 is 2.73 bits per heavy atom. The summed E-state index contributed by atoms with van der Waals surface area (Å²) in [6.45, 7) is 1.10. The Balaban J connectivity index is 3.02. The second-order valence-corrected chi connectivity index (χ2v) is 3.85. The topological polar surface area (TPSA) is 20.2 Å². The summed E-state index contributed by atoms with van der Waals surface area (Å²) in [4.78, 5) is 1.14. The van der Waals surface area contributed by atoms with Gasteiger partial charge < -0.3 is 5.11 Å². The third-order valence-corrected chi connectivity index (χ3v) is 2.44.